The third-order valence-corrected chi connectivity index (χ3v) is 5.33. The fraction of sp³-hybridized carbons (Fsp3) is 0.471. The lowest BCUT2D eigenvalue weighted by Crippen LogP contribution is -2.34. The van der Waals surface area contributed by atoms with Gasteiger partial charge in [-0.3, -0.25) is 9.30 Å². The number of nitrogens with zero attached hydrogens (tertiary/aromatic N) is 5. The van der Waals surface area contributed by atoms with Crippen LogP contribution in [-0.4, -0.2) is 44.7 Å². The molecule has 1 saturated heterocycles. The summed E-state index contributed by atoms with van der Waals surface area (Å²) in [6.45, 7) is 3.61. The van der Waals surface area contributed by atoms with Crippen molar-refractivity contribution in [1.29, 1.82) is 0 Å². The summed E-state index contributed by atoms with van der Waals surface area (Å²) >= 11 is 1.67. The molecular formula is C17H21N5OS. The van der Waals surface area contributed by atoms with Gasteiger partial charge in [0.2, 0.25) is 0 Å². The molecule has 6 nitrogen and oxygen atoms in total. The molecule has 7 heteroatoms. The quantitative estimate of drug-likeness (QED) is 0.713. The van der Waals surface area contributed by atoms with Gasteiger partial charge in [0, 0.05) is 37.7 Å². The average molecular weight is 343 g/mol. The number of hydrogen-bond acceptors (Lipinski definition) is 6. The highest BCUT2D eigenvalue weighted by Crippen LogP contribution is 2.27. The third kappa shape index (κ3) is 3.19. The second-order valence-electron chi connectivity index (χ2n) is 6.23. The topological polar surface area (TPSA) is 55.5 Å². The molecule has 0 spiro atoms. The zero-order valence-electron chi connectivity index (χ0n) is 13.8. The number of likely N-dealkylation sites (tertiary alicyclic amines) is 1. The van der Waals surface area contributed by atoms with Crippen LogP contribution in [-0.2, 0) is 17.9 Å². The summed E-state index contributed by atoms with van der Waals surface area (Å²) in [6.07, 6.45) is 4.40. The van der Waals surface area contributed by atoms with E-state index in [9.17, 15) is 0 Å². The first kappa shape index (κ1) is 15.7. The molecule has 0 unspecified atom stereocenters. The number of thiazole rings is 1. The van der Waals surface area contributed by atoms with Crippen molar-refractivity contribution in [1.82, 2.24) is 24.5 Å². The van der Waals surface area contributed by atoms with E-state index >= 15 is 0 Å². The van der Waals surface area contributed by atoms with E-state index < -0.39 is 0 Å². The zero-order valence-corrected chi connectivity index (χ0v) is 14.6. The minimum Gasteiger partial charge on any atom is -0.378 e. The minimum absolute atomic E-state index is 0.424. The predicted molar refractivity (Wildman–Crippen MR) is 93.1 cm³/mol. The molecule has 0 saturated carbocycles. The van der Waals surface area contributed by atoms with Gasteiger partial charge >= 0.3 is 0 Å². The van der Waals surface area contributed by atoms with E-state index in [-0.39, 0.29) is 0 Å². The Bertz CT molecular complexity index is 814. The molecule has 0 bridgehead atoms. The van der Waals surface area contributed by atoms with Gasteiger partial charge in [0.05, 0.1) is 12.3 Å². The first-order valence-corrected chi connectivity index (χ1v) is 9.15. The van der Waals surface area contributed by atoms with Crippen LogP contribution in [0.15, 0.2) is 29.8 Å². The summed E-state index contributed by atoms with van der Waals surface area (Å²) in [5.41, 5.74) is 2.06. The van der Waals surface area contributed by atoms with Crippen molar-refractivity contribution in [3.8, 4) is 0 Å². The molecule has 4 rings (SSSR count). The Balaban J connectivity index is 1.47. The summed E-state index contributed by atoms with van der Waals surface area (Å²) in [5, 5.41) is 11.9. The molecule has 1 aliphatic rings. The fourth-order valence-electron chi connectivity index (χ4n) is 3.39. The molecule has 126 valence electrons. The van der Waals surface area contributed by atoms with Gasteiger partial charge in [-0.05, 0) is 31.5 Å². The number of rotatable bonds is 5. The predicted octanol–water partition coefficient (Wildman–Crippen LogP) is 2.71. The maximum atomic E-state index is 5.15. The number of piperidine rings is 1. The number of methoxy groups -OCH3 is 1. The number of aromatic nitrogens is 4. The van der Waals surface area contributed by atoms with Crippen LogP contribution in [0, 0.1) is 0 Å². The number of pyridine rings is 1. The van der Waals surface area contributed by atoms with Gasteiger partial charge in [-0.25, -0.2) is 4.98 Å². The lowest BCUT2D eigenvalue weighted by molar-refractivity contribution is 0.182. The van der Waals surface area contributed by atoms with Crippen LogP contribution >= 0.6 is 11.3 Å². The summed E-state index contributed by atoms with van der Waals surface area (Å²) in [7, 11) is 1.71. The standard InChI is InChI=1S/C17H21N5OS/c1-23-11-16-18-14(12-24-16)10-21-7-4-5-13(9-21)17-20-19-15-6-2-3-8-22(15)17/h2-3,6,8,12-13H,4-5,7,9-11H2,1H3/t13-/m1/s1. The van der Waals surface area contributed by atoms with Crippen molar-refractivity contribution in [2.75, 3.05) is 20.2 Å². The fourth-order valence-corrected chi connectivity index (χ4v) is 4.14. The van der Waals surface area contributed by atoms with E-state index in [0.717, 1.165) is 48.2 Å². The minimum atomic E-state index is 0.424. The highest BCUT2D eigenvalue weighted by atomic mass is 32.1. The third-order valence-electron chi connectivity index (χ3n) is 4.46. The number of fused-ring (bicyclic) bond motifs is 1. The van der Waals surface area contributed by atoms with Crippen LogP contribution in [0.25, 0.3) is 5.65 Å². The first-order valence-electron chi connectivity index (χ1n) is 8.27. The van der Waals surface area contributed by atoms with E-state index in [4.69, 9.17) is 4.74 Å². The molecule has 3 aromatic rings. The average Bonchev–Trinajstić information content (AvgIpc) is 3.22. The Kier molecular flexibility index (Phi) is 4.55. The van der Waals surface area contributed by atoms with E-state index in [1.165, 1.54) is 6.42 Å². The van der Waals surface area contributed by atoms with Crippen LogP contribution < -0.4 is 0 Å². The van der Waals surface area contributed by atoms with Crippen molar-refractivity contribution in [2.24, 2.45) is 0 Å². The highest BCUT2D eigenvalue weighted by Gasteiger charge is 2.25. The van der Waals surface area contributed by atoms with Crippen molar-refractivity contribution in [3.05, 3.63) is 46.3 Å². The highest BCUT2D eigenvalue weighted by molar-refractivity contribution is 7.09. The lowest BCUT2D eigenvalue weighted by Gasteiger charge is -2.31. The Labute approximate surface area is 145 Å². The van der Waals surface area contributed by atoms with E-state index in [0.29, 0.717) is 12.5 Å². The molecule has 0 amide bonds. The molecule has 1 atom stereocenters. The van der Waals surface area contributed by atoms with Gasteiger partial charge in [-0.15, -0.1) is 21.5 Å². The van der Waals surface area contributed by atoms with E-state index in [2.05, 4.69) is 36.1 Å². The Morgan fingerprint density at radius 1 is 1.33 bits per heavy atom. The van der Waals surface area contributed by atoms with Crippen LogP contribution in [0.4, 0.5) is 0 Å². The van der Waals surface area contributed by atoms with Gasteiger partial charge in [0.1, 0.15) is 10.8 Å². The van der Waals surface area contributed by atoms with Crippen molar-refractivity contribution >= 4 is 17.0 Å². The number of hydrogen-bond donors (Lipinski definition) is 0. The molecule has 0 aromatic carbocycles. The molecule has 0 aliphatic carbocycles. The summed E-state index contributed by atoms with van der Waals surface area (Å²) in [5.74, 6) is 1.50. The van der Waals surface area contributed by atoms with Gasteiger partial charge in [0.15, 0.2) is 5.65 Å². The van der Waals surface area contributed by atoms with Crippen molar-refractivity contribution < 1.29 is 4.74 Å². The van der Waals surface area contributed by atoms with Gasteiger partial charge in [-0.2, -0.15) is 0 Å². The Morgan fingerprint density at radius 2 is 2.29 bits per heavy atom. The summed E-state index contributed by atoms with van der Waals surface area (Å²) in [4.78, 5) is 7.13. The second-order valence-corrected chi connectivity index (χ2v) is 7.17. The zero-order chi connectivity index (χ0) is 16.4. The molecule has 3 aromatic heterocycles. The first-order chi connectivity index (χ1) is 11.8. The molecule has 4 heterocycles. The SMILES string of the molecule is COCc1nc(CN2CCC[C@@H](c3nnc4ccccn34)C2)cs1. The molecule has 24 heavy (non-hydrogen) atoms. The lowest BCUT2D eigenvalue weighted by atomic mass is 9.97. The molecule has 1 fully saturated rings. The van der Waals surface area contributed by atoms with E-state index in [1.807, 2.05) is 18.2 Å². The van der Waals surface area contributed by atoms with Crippen molar-refractivity contribution in [2.45, 2.75) is 31.9 Å². The maximum absolute atomic E-state index is 5.15. The number of ether oxygens (including phenoxy) is 1. The smallest absolute Gasteiger partial charge is 0.160 e. The largest absolute Gasteiger partial charge is 0.378 e. The second kappa shape index (κ2) is 6.96. The van der Waals surface area contributed by atoms with Gasteiger partial charge in [-0.1, -0.05) is 6.07 Å². The molecule has 0 N–H and O–H groups in total. The van der Waals surface area contributed by atoms with Crippen LogP contribution in [0.3, 0.4) is 0 Å². The van der Waals surface area contributed by atoms with Gasteiger partial charge < -0.3 is 4.74 Å². The molecular weight excluding hydrogens is 322 g/mol. The van der Waals surface area contributed by atoms with E-state index in [1.54, 1.807) is 18.4 Å². The normalized spacial score (nSPS) is 19.1. The monoisotopic (exact) mass is 343 g/mol. The molecule has 0 radical (unpaired) electrons. The van der Waals surface area contributed by atoms with Gasteiger partial charge in [0.25, 0.3) is 0 Å². The van der Waals surface area contributed by atoms with Crippen LogP contribution in [0.2, 0.25) is 0 Å². The summed E-state index contributed by atoms with van der Waals surface area (Å²) < 4.78 is 7.27. The Morgan fingerprint density at radius 3 is 3.21 bits per heavy atom. The molecule has 1 aliphatic heterocycles. The summed E-state index contributed by atoms with van der Waals surface area (Å²) in [6, 6.07) is 6.04. The van der Waals surface area contributed by atoms with Crippen LogP contribution in [0.5, 0.6) is 0 Å². The van der Waals surface area contributed by atoms with Crippen molar-refractivity contribution in [3.63, 3.8) is 0 Å². The van der Waals surface area contributed by atoms with Crippen LogP contribution in [0.1, 0.15) is 35.3 Å². The maximum Gasteiger partial charge on any atom is 0.160 e. The Hall–Kier alpha value is -1.83.